The summed E-state index contributed by atoms with van der Waals surface area (Å²) in [5, 5.41) is 55.1. The molecule has 0 fully saturated rings. The minimum atomic E-state index is 0. The molecule has 0 saturated heterocycles. The van der Waals surface area contributed by atoms with Crippen molar-refractivity contribution in [3.8, 4) is 102 Å². The molecule has 0 saturated carbocycles. The normalized spacial score (nSPS) is 11.2. The van der Waals surface area contributed by atoms with E-state index in [0.29, 0.717) is 0 Å². The van der Waals surface area contributed by atoms with Crippen LogP contribution in [0.2, 0.25) is 0 Å². The van der Waals surface area contributed by atoms with E-state index in [1.807, 2.05) is 105 Å². The second kappa shape index (κ2) is 41.6. The summed E-state index contributed by atoms with van der Waals surface area (Å²) in [6.45, 7) is 12.7. The molecule has 0 N–H and O–H groups in total. The SMILES string of the molecule is Cc1ccccc1-n1c(CCCc2cc(CCCc3nnc(-c4[c-]cccc4)n3-c3ccccc3C)cc(CCCc3nnc(-c4[c-]cccc4)n3-c3ccccc3C)c2)nnc1-c1[c-]cccc1.Cc1ccccc1-n1cnnc1-c1[c-]c(CC(Cc2[c-]c(-c3nncn3-c3ccccc3C)ccc2)Cc2[c-]c(-c3nncn3-c3ccccc3C)ccc2)ccc1.[Ir+3].[Ir+3]. The summed E-state index contributed by atoms with van der Waals surface area (Å²) in [4.78, 5) is 0. The summed E-state index contributed by atoms with van der Waals surface area (Å²) in [6.07, 6.45) is 15.4. The first kappa shape index (κ1) is 88.4. The molecular weight excluding hydrogens is 1950 g/mol. The van der Waals surface area contributed by atoms with Crippen LogP contribution in [0.5, 0.6) is 0 Å². The molecular formula is C109H94Ir2N18. The van der Waals surface area contributed by atoms with E-state index in [1.165, 1.54) is 33.4 Å². The Morgan fingerprint density at radius 2 is 0.504 bits per heavy atom. The van der Waals surface area contributed by atoms with Crippen LogP contribution in [-0.2, 0) is 98.0 Å². The summed E-state index contributed by atoms with van der Waals surface area (Å²) in [5.41, 5.74) is 26.1. The number of aryl methyl sites for hydroxylation is 12. The maximum absolute atomic E-state index is 4.79. The van der Waals surface area contributed by atoms with E-state index in [1.54, 1.807) is 19.0 Å². The molecule has 6 heterocycles. The minimum Gasteiger partial charge on any atom is -0.322 e. The Morgan fingerprint density at radius 3 is 0.767 bits per heavy atom. The Balaban J connectivity index is 0.000000189. The number of hydrogen-bond acceptors (Lipinski definition) is 12. The van der Waals surface area contributed by atoms with Crippen LogP contribution in [0, 0.1) is 83.9 Å². The predicted molar refractivity (Wildman–Crippen MR) is 499 cm³/mol. The van der Waals surface area contributed by atoms with E-state index in [2.05, 4.69) is 322 Å². The van der Waals surface area contributed by atoms with Gasteiger partial charge in [0.2, 0.25) is 0 Å². The van der Waals surface area contributed by atoms with E-state index in [9.17, 15) is 0 Å². The Hall–Kier alpha value is -14.0. The molecule has 0 bridgehead atoms. The second-order valence-corrected chi connectivity index (χ2v) is 32.4. The molecule has 0 aliphatic heterocycles. The van der Waals surface area contributed by atoms with Crippen molar-refractivity contribution in [1.82, 2.24) is 88.6 Å². The van der Waals surface area contributed by atoms with Gasteiger partial charge in [-0.3, -0.25) is 0 Å². The zero-order chi connectivity index (χ0) is 86.4. The molecule has 0 unspecified atom stereocenters. The first-order valence-electron chi connectivity index (χ1n) is 43.4. The predicted octanol–water partition coefficient (Wildman–Crippen LogP) is 21.7. The molecule has 129 heavy (non-hydrogen) atoms. The Labute approximate surface area is 780 Å². The zero-order valence-electron chi connectivity index (χ0n) is 72.7. The van der Waals surface area contributed by atoms with Crippen molar-refractivity contribution in [3.63, 3.8) is 0 Å². The Morgan fingerprint density at radius 1 is 0.248 bits per heavy atom. The summed E-state index contributed by atoms with van der Waals surface area (Å²) < 4.78 is 12.8. The average molecular weight is 2040 g/mol. The van der Waals surface area contributed by atoms with Crippen molar-refractivity contribution in [3.05, 3.63) is 431 Å². The summed E-state index contributed by atoms with van der Waals surface area (Å²) in [6, 6.07) is 122. The van der Waals surface area contributed by atoms with Gasteiger partial charge >= 0.3 is 40.2 Å². The average Bonchev–Trinajstić information content (AvgIpc) is 1.63. The van der Waals surface area contributed by atoms with Crippen LogP contribution in [-0.4, -0.2) is 88.6 Å². The van der Waals surface area contributed by atoms with Gasteiger partial charge in [0, 0.05) is 53.4 Å². The van der Waals surface area contributed by atoms with Crippen molar-refractivity contribution in [2.75, 3.05) is 0 Å². The smallest absolute Gasteiger partial charge is 0.322 e. The van der Waals surface area contributed by atoms with Crippen molar-refractivity contribution in [1.29, 1.82) is 0 Å². The largest absolute Gasteiger partial charge is 3.00 e. The van der Waals surface area contributed by atoms with Gasteiger partial charge in [0.25, 0.3) is 0 Å². The maximum Gasteiger partial charge on any atom is 3.00 e. The van der Waals surface area contributed by atoms with Crippen LogP contribution in [0.15, 0.2) is 310 Å². The molecule has 0 radical (unpaired) electrons. The maximum atomic E-state index is 4.79. The van der Waals surface area contributed by atoms with Crippen LogP contribution in [0.1, 0.15) is 103 Å². The second-order valence-electron chi connectivity index (χ2n) is 32.4. The van der Waals surface area contributed by atoms with Gasteiger partial charge in [-0.15, -0.1) is 244 Å². The Bertz CT molecular complexity index is 6310. The third-order valence-corrected chi connectivity index (χ3v) is 23.4. The number of rotatable bonds is 30. The van der Waals surface area contributed by atoms with Gasteiger partial charge in [-0.25, -0.2) is 0 Å². The monoisotopic (exact) mass is 2040 g/mol. The fraction of sp³-hybridized carbons (Fsp3) is 0.174. The molecule has 19 aromatic rings. The molecule has 20 heteroatoms. The Kier molecular flexibility index (Phi) is 28.5. The van der Waals surface area contributed by atoms with Crippen LogP contribution in [0.4, 0.5) is 0 Å². The number of benzene rings is 13. The minimum absolute atomic E-state index is 0. The van der Waals surface area contributed by atoms with Gasteiger partial charge < -0.3 is 27.4 Å². The summed E-state index contributed by atoms with van der Waals surface area (Å²) >= 11 is 0. The van der Waals surface area contributed by atoms with Gasteiger partial charge in [0.1, 0.15) is 36.5 Å². The van der Waals surface area contributed by atoms with Crippen molar-refractivity contribution in [2.24, 2.45) is 5.92 Å². The summed E-state index contributed by atoms with van der Waals surface area (Å²) in [7, 11) is 0. The van der Waals surface area contributed by atoms with Crippen LogP contribution in [0.3, 0.4) is 0 Å². The summed E-state index contributed by atoms with van der Waals surface area (Å²) in [5.74, 6) is 7.70. The molecule has 0 aliphatic rings. The molecule has 19 rings (SSSR count). The fourth-order valence-corrected chi connectivity index (χ4v) is 17.1. The number of hydrogen-bond donors (Lipinski definition) is 0. The molecule has 13 aromatic carbocycles. The topological polar surface area (TPSA) is 184 Å². The molecule has 0 amide bonds. The zero-order valence-corrected chi connectivity index (χ0v) is 77.5. The first-order valence-corrected chi connectivity index (χ1v) is 43.4. The first-order chi connectivity index (χ1) is 62.5. The molecule has 638 valence electrons. The molecule has 0 aliphatic carbocycles. The molecule has 0 spiro atoms. The third-order valence-electron chi connectivity index (χ3n) is 23.4. The number of aromatic nitrogens is 18. The number of nitrogens with zero attached hydrogens (tertiary/aromatic N) is 18. The van der Waals surface area contributed by atoms with Crippen LogP contribution < -0.4 is 0 Å². The van der Waals surface area contributed by atoms with E-state index >= 15 is 0 Å². The third kappa shape index (κ3) is 20.4. The quantitative estimate of drug-likeness (QED) is 0.0389. The van der Waals surface area contributed by atoms with Gasteiger partial charge in [-0.2, -0.15) is 30.6 Å². The van der Waals surface area contributed by atoms with E-state index in [-0.39, 0.29) is 46.1 Å². The van der Waals surface area contributed by atoms with Crippen molar-refractivity contribution < 1.29 is 40.2 Å². The molecule has 6 aromatic heterocycles. The number of para-hydroxylation sites is 6. The van der Waals surface area contributed by atoms with Gasteiger partial charge in [0.15, 0.2) is 0 Å². The molecule has 18 nitrogen and oxygen atoms in total. The fourth-order valence-electron chi connectivity index (χ4n) is 17.1. The van der Waals surface area contributed by atoms with Gasteiger partial charge in [0.05, 0.1) is 34.9 Å². The standard InChI is InChI=1S/C60H54N9.C49H40N9.2Ir/c1-43-22-13-16-34-52(43)67-55(61-64-58(67)49-28-7-4-8-29-49)37-19-25-46-40-47(26-20-38-56-62-65-59(50-30-9-5-10-31-50)68(56)53-35-17-14-23-44(53)2)42-48(41-46)27-21-39-57-63-66-60(51-32-11-6-12-33-51)69(57)54-36-18-15-24-45(54)3;1-34-13-4-7-22-44(34)56-31-50-53-47(56)41-19-10-16-37(28-41)25-40(26-38-17-11-20-42(29-38)48-54-51-32-57(48)45-23-8-5-14-35(45)2)27-39-18-12-21-43(30-39)49-55-52-33-58(49)46-24-9-6-15-36(46)3;;/h4-18,22-24,28,30,32,34-36,40-42H,19-21,25-27,37-39H2,1-3H3;4-24,31-33,40H,25-27H2,1-3H3;;/q2*-3;2*+3. The molecule has 0 atom stereocenters. The van der Waals surface area contributed by atoms with Crippen molar-refractivity contribution >= 4 is 0 Å². The van der Waals surface area contributed by atoms with Crippen LogP contribution in [0.25, 0.3) is 102 Å². The van der Waals surface area contributed by atoms with E-state index in [0.717, 1.165) is 230 Å². The van der Waals surface area contributed by atoms with E-state index in [4.69, 9.17) is 30.6 Å². The van der Waals surface area contributed by atoms with Crippen molar-refractivity contribution in [2.45, 2.75) is 119 Å². The van der Waals surface area contributed by atoms with Gasteiger partial charge in [-0.1, -0.05) is 127 Å². The van der Waals surface area contributed by atoms with E-state index < -0.39 is 0 Å². The van der Waals surface area contributed by atoms with Gasteiger partial charge in [-0.05, 0) is 192 Å². The van der Waals surface area contributed by atoms with Crippen LogP contribution >= 0.6 is 0 Å².